The quantitative estimate of drug-likeness (QED) is 0.699. The zero-order chi connectivity index (χ0) is 12.0. The number of hydrogen-bond donors (Lipinski definition) is 0. The van der Waals surface area contributed by atoms with E-state index < -0.39 is 5.92 Å². The molecule has 0 aromatic rings. The molecule has 0 bridgehead atoms. The molecule has 0 N–H and O–H groups in total. The Morgan fingerprint density at radius 3 is 2.13 bits per heavy atom. The fourth-order valence-corrected chi connectivity index (χ4v) is 1.47. The maximum absolute atomic E-state index is 12.0. The summed E-state index contributed by atoms with van der Waals surface area (Å²) in [5.41, 5.74) is 0. The van der Waals surface area contributed by atoms with E-state index in [2.05, 4.69) is 19.9 Å². The molecule has 1 amide bonds. The summed E-state index contributed by atoms with van der Waals surface area (Å²) in [6.45, 7) is 10.7. The number of hydrogen-bond acceptors (Lipinski definition) is 2. The summed E-state index contributed by atoms with van der Waals surface area (Å²) in [5.74, 6) is -0.0672. The van der Waals surface area contributed by atoms with Crippen LogP contribution in [-0.2, 0) is 4.79 Å². The molecule has 0 aromatic heterocycles. The van der Waals surface area contributed by atoms with E-state index >= 15 is 0 Å². The lowest BCUT2D eigenvalue weighted by Gasteiger charge is -2.30. The van der Waals surface area contributed by atoms with E-state index in [9.17, 15) is 4.79 Å². The van der Waals surface area contributed by atoms with E-state index in [0.29, 0.717) is 12.3 Å². The van der Waals surface area contributed by atoms with Crippen LogP contribution in [0, 0.1) is 23.2 Å². The van der Waals surface area contributed by atoms with E-state index in [1.54, 1.807) is 0 Å². The van der Waals surface area contributed by atoms with Gasteiger partial charge in [-0.25, -0.2) is 0 Å². The van der Waals surface area contributed by atoms with Crippen molar-refractivity contribution in [2.75, 3.05) is 6.54 Å². The molecule has 0 aliphatic heterocycles. The minimum Gasteiger partial charge on any atom is -0.339 e. The lowest BCUT2D eigenvalue weighted by molar-refractivity contribution is -0.136. The summed E-state index contributed by atoms with van der Waals surface area (Å²) in [6, 6.07) is 2.24. The predicted octanol–water partition coefficient (Wildman–Crippen LogP) is 2.43. The third-order valence-electron chi connectivity index (χ3n) is 2.33. The molecule has 3 nitrogen and oxygen atoms in total. The number of nitrogens with zero attached hydrogens (tertiary/aromatic N) is 2. The molecule has 0 radical (unpaired) electrons. The third-order valence-corrected chi connectivity index (χ3v) is 2.33. The molecule has 0 heterocycles. The van der Waals surface area contributed by atoms with E-state index in [4.69, 9.17) is 5.26 Å². The Morgan fingerprint density at radius 2 is 1.87 bits per heavy atom. The van der Waals surface area contributed by atoms with Gasteiger partial charge in [0.25, 0.3) is 0 Å². The molecule has 0 saturated carbocycles. The van der Waals surface area contributed by atoms with E-state index in [-0.39, 0.29) is 11.9 Å². The highest BCUT2D eigenvalue weighted by atomic mass is 16.2. The minimum absolute atomic E-state index is 0.0244. The van der Waals surface area contributed by atoms with Crippen LogP contribution >= 0.6 is 0 Å². The molecule has 0 aliphatic rings. The number of nitriles is 1. The van der Waals surface area contributed by atoms with Gasteiger partial charge in [-0.2, -0.15) is 5.26 Å². The predicted molar refractivity (Wildman–Crippen MR) is 61.1 cm³/mol. The fourth-order valence-electron chi connectivity index (χ4n) is 1.47. The van der Waals surface area contributed by atoms with Crippen molar-refractivity contribution in [3.05, 3.63) is 0 Å². The van der Waals surface area contributed by atoms with Gasteiger partial charge in [-0.15, -0.1) is 0 Å². The van der Waals surface area contributed by atoms with Crippen LogP contribution in [-0.4, -0.2) is 23.4 Å². The lowest BCUT2D eigenvalue weighted by atomic mass is 10.0. The topological polar surface area (TPSA) is 44.1 Å². The molecule has 0 rings (SSSR count). The molecular weight excluding hydrogens is 188 g/mol. The van der Waals surface area contributed by atoms with Gasteiger partial charge >= 0.3 is 0 Å². The molecule has 1 atom stereocenters. The maximum atomic E-state index is 12.0. The third kappa shape index (κ3) is 4.33. The van der Waals surface area contributed by atoms with Gasteiger partial charge in [0, 0.05) is 12.6 Å². The van der Waals surface area contributed by atoms with Crippen molar-refractivity contribution in [2.24, 2.45) is 11.8 Å². The van der Waals surface area contributed by atoms with Gasteiger partial charge in [0.15, 0.2) is 0 Å². The molecule has 0 spiro atoms. The second kappa shape index (κ2) is 6.44. The summed E-state index contributed by atoms with van der Waals surface area (Å²) in [6.07, 6.45) is 0.594. The number of carbonyl (C=O) groups is 1. The van der Waals surface area contributed by atoms with Gasteiger partial charge < -0.3 is 4.90 Å². The molecule has 0 saturated heterocycles. The molecule has 86 valence electrons. The Morgan fingerprint density at radius 1 is 1.33 bits per heavy atom. The van der Waals surface area contributed by atoms with Crippen molar-refractivity contribution in [2.45, 2.75) is 47.1 Å². The van der Waals surface area contributed by atoms with Crippen molar-refractivity contribution >= 4 is 5.91 Å². The number of rotatable bonds is 5. The molecule has 0 aliphatic carbocycles. The first-order valence-electron chi connectivity index (χ1n) is 5.64. The largest absolute Gasteiger partial charge is 0.339 e. The second-order valence-electron chi connectivity index (χ2n) is 4.57. The van der Waals surface area contributed by atoms with E-state index in [1.165, 1.54) is 0 Å². The Hall–Kier alpha value is -1.04. The first-order valence-corrected chi connectivity index (χ1v) is 5.64. The van der Waals surface area contributed by atoms with Gasteiger partial charge in [0.1, 0.15) is 5.92 Å². The van der Waals surface area contributed by atoms with Crippen molar-refractivity contribution in [1.82, 2.24) is 4.90 Å². The van der Waals surface area contributed by atoms with Crippen LogP contribution in [0.2, 0.25) is 0 Å². The Balaban J connectivity index is 4.63. The van der Waals surface area contributed by atoms with Gasteiger partial charge in [0.2, 0.25) is 5.91 Å². The summed E-state index contributed by atoms with van der Waals surface area (Å²) in [4.78, 5) is 13.8. The highest BCUT2D eigenvalue weighted by Crippen LogP contribution is 2.12. The molecule has 0 aromatic carbocycles. The van der Waals surface area contributed by atoms with Crippen LogP contribution < -0.4 is 0 Å². The fraction of sp³-hybridized carbons (Fsp3) is 0.833. The molecule has 1 unspecified atom stereocenters. The summed E-state index contributed by atoms with van der Waals surface area (Å²) < 4.78 is 0. The normalized spacial score (nSPS) is 12.7. The van der Waals surface area contributed by atoms with Crippen LogP contribution in [0.4, 0.5) is 0 Å². The monoisotopic (exact) mass is 210 g/mol. The van der Waals surface area contributed by atoms with Crippen molar-refractivity contribution in [3.8, 4) is 6.07 Å². The van der Waals surface area contributed by atoms with Crippen molar-refractivity contribution in [1.29, 1.82) is 5.26 Å². The summed E-state index contributed by atoms with van der Waals surface area (Å²) >= 11 is 0. The van der Waals surface area contributed by atoms with Crippen LogP contribution in [0.1, 0.15) is 41.0 Å². The van der Waals surface area contributed by atoms with E-state index in [0.717, 1.165) is 6.54 Å². The number of carbonyl (C=O) groups excluding carboxylic acids is 1. The van der Waals surface area contributed by atoms with Crippen LogP contribution in [0.5, 0.6) is 0 Å². The van der Waals surface area contributed by atoms with Crippen LogP contribution in [0.15, 0.2) is 0 Å². The minimum atomic E-state index is -0.480. The molecule has 15 heavy (non-hydrogen) atoms. The maximum Gasteiger partial charge on any atom is 0.240 e. The SMILES string of the molecule is CCC(C#N)C(=O)N(CC(C)C)C(C)C. The molecular formula is C12H22N2O. The average Bonchev–Trinajstić information content (AvgIpc) is 2.15. The van der Waals surface area contributed by atoms with Crippen LogP contribution in [0.3, 0.4) is 0 Å². The number of amides is 1. The van der Waals surface area contributed by atoms with Gasteiger partial charge in [-0.1, -0.05) is 20.8 Å². The highest BCUT2D eigenvalue weighted by Gasteiger charge is 2.24. The first-order chi connectivity index (χ1) is 6.93. The highest BCUT2D eigenvalue weighted by molar-refractivity contribution is 5.81. The summed E-state index contributed by atoms with van der Waals surface area (Å²) in [5, 5.41) is 8.86. The van der Waals surface area contributed by atoms with E-state index in [1.807, 2.05) is 25.7 Å². The van der Waals surface area contributed by atoms with Crippen molar-refractivity contribution < 1.29 is 4.79 Å². The van der Waals surface area contributed by atoms with Crippen LogP contribution in [0.25, 0.3) is 0 Å². The standard InChI is InChI=1S/C12H22N2O/c1-6-11(7-13)12(15)14(10(4)5)8-9(2)3/h9-11H,6,8H2,1-5H3. The Kier molecular flexibility index (Phi) is 6.00. The second-order valence-corrected chi connectivity index (χ2v) is 4.57. The molecule has 3 heteroatoms. The van der Waals surface area contributed by atoms with Crippen molar-refractivity contribution in [3.63, 3.8) is 0 Å². The van der Waals surface area contributed by atoms with Gasteiger partial charge in [-0.05, 0) is 26.2 Å². The smallest absolute Gasteiger partial charge is 0.240 e. The molecule has 0 fully saturated rings. The Labute approximate surface area is 93.1 Å². The average molecular weight is 210 g/mol. The van der Waals surface area contributed by atoms with Gasteiger partial charge in [0.05, 0.1) is 6.07 Å². The Bertz CT molecular complexity index is 240. The zero-order valence-electron chi connectivity index (χ0n) is 10.4. The van der Waals surface area contributed by atoms with Gasteiger partial charge in [-0.3, -0.25) is 4.79 Å². The first kappa shape index (κ1) is 14.0. The lowest BCUT2D eigenvalue weighted by Crippen LogP contribution is -2.42. The zero-order valence-corrected chi connectivity index (χ0v) is 10.4. The summed E-state index contributed by atoms with van der Waals surface area (Å²) in [7, 11) is 0.